The Balaban J connectivity index is 1.54. The summed E-state index contributed by atoms with van der Waals surface area (Å²) in [5.41, 5.74) is 4.60. The zero-order valence-corrected chi connectivity index (χ0v) is 15.8. The third-order valence-electron chi connectivity index (χ3n) is 5.40. The van der Waals surface area contributed by atoms with Gasteiger partial charge in [-0.1, -0.05) is 6.07 Å². The predicted octanol–water partition coefficient (Wildman–Crippen LogP) is 3.99. The van der Waals surface area contributed by atoms with Crippen LogP contribution in [0.3, 0.4) is 0 Å². The highest BCUT2D eigenvalue weighted by atomic mass is 19.1. The van der Waals surface area contributed by atoms with E-state index in [9.17, 15) is 4.39 Å². The van der Waals surface area contributed by atoms with Gasteiger partial charge in [0.15, 0.2) is 0 Å². The topological polar surface area (TPSA) is 78.5 Å². The lowest BCUT2D eigenvalue weighted by Gasteiger charge is -2.24. The summed E-state index contributed by atoms with van der Waals surface area (Å²) in [7, 11) is 0. The molecule has 0 spiro atoms. The van der Waals surface area contributed by atoms with Gasteiger partial charge in [-0.25, -0.2) is 14.4 Å². The number of halogens is 1. The number of aromatic nitrogens is 4. The van der Waals surface area contributed by atoms with Crippen LogP contribution in [0.5, 0.6) is 0 Å². The van der Waals surface area contributed by atoms with Crippen LogP contribution in [0.25, 0.3) is 33.3 Å². The Kier molecular flexibility index (Phi) is 4.65. The first kappa shape index (κ1) is 17.8. The number of fused-ring (bicyclic) bond motifs is 1. The first-order chi connectivity index (χ1) is 14.3. The van der Waals surface area contributed by atoms with Crippen LogP contribution >= 0.6 is 0 Å². The van der Waals surface area contributed by atoms with Crippen molar-refractivity contribution in [2.24, 2.45) is 0 Å². The van der Waals surface area contributed by atoms with Crippen molar-refractivity contribution in [2.45, 2.75) is 18.9 Å². The molecule has 5 rings (SSSR count). The van der Waals surface area contributed by atoms with E-state index in [0.717, 1.165) is 65.0 Å². The standard InChI is InChI=1S/C22H21FN6/c23-16-4-1-14(2-5-16)21-19(12-27-29-21)15-3-6-20-18(11-15)22(26-13-25-20)28-17-7-9-24-10-8-17/h1-6,11-13,17,24H,7-10H2,(H,27,29)(H,25,26,28). The van der Waals surface area contributed by atoms with E-state index in [-0.39, 0.29) is 5.82 Å². The van der Waals surface area contributed by atoms with Gasteiger partial charge < -0.3 is 10.6 Å². The average Bonchev–Trinajstić information content (AvgIpc) is 3.25. The fourth-order valence-corrected chi connectivity index (χ4v) is 3.84. The van der Waals surface area contributed by atoms with Gasteiger partial charge in [0.1, 0.15) is 18.0 Å². The van der Waals surface area contributed by atoms with Crippen molar-refractivity contribution in [1.82, 2.24) is 25.5 Å². The fourth-order valence-electron chi connectivity index (χ4n) is 3.84. The van der Waals surface area contributed by atoms with E-state index in [0.29, 0.717) is 6.04 Å². The molecule has 1 fully saturated rings. The summed E-state index contributed by atoms with van der Waals surface area (Å²) < 4.78 is 13.3. The Bertz CT molecular complexity index is 1130. The maximum Gasteiger partial charge on any atom is 0.137 e. The van der Waals surface area contributed by atoms with Crippen molar-refractivity contribution in [2.75, 3.05) is 18.4 Å². The molecule has 1 aliphatic heterocycles. The molecular weight excluding hydrogens is 367 g/mol. The SMILES string of the molecule is Fc1ccc(-c2[nH]ncc2-c2ccc3ncnc(NC4CCNCC4)c3c2)cc1. The molecule has 3 heterocycles. The van der Waals surface area contributed by atoms with Crippen LogP contribution in [0.15, 0.2) is 55.0 Å². The highest BCUT2D eigenvalue weighted by Gasteiger charge is 2.16. The molecule has 0 bridgehead atoms. The second-order valence-corrected chi connectivity index (χ2v) is 7.29. The van der Waals surface area contributed by atoms with Gasteiger partial charge in [0, 0.05) is 22.6 Å². The summed E-state index contributed by atoms with van der Waals surface area (Å²) >= 11 is 0. The molecule has 7 heteroatoms. The minimum Gasteiger partial charge on any atom is -0.367 e. The summed E-state index contributed by atoms with van der Waals surface area (Å²) in [5.74, 6) is 0.599. The number of hydrogen-bond acceptors (Lipinski definition) is 5. The molecule has 0 radical (unpaired) electrons. The zero-order valence-electron chi connectivity index (χ0n) is 15.8. The lowest BCUT2D eigenvalue weighted by atomic mass is 10.00. The number of piperidine rings is 1. The molecule has 0 saturated carbocycles. The van der Waals surface area contributed by atoms with Gasteiger partial charge in [0.05, 0.1) is 17.4 Å². The van der Waals surface area contributed by atoms with Gasteiger partial charge in [0.25, 0.3) is 0 Å². The Morgan fingerprint density at radius 3 is 2.59 bits per heavy atom. The third-order valence-corrected chi connectivity index (χ3v) is 5.40. The Morgan fingerprint density at radius 1 is 0.966 bits per heavy atom. The number of benzene rings is 2. The van der Waals surface area contributed by atoms with E-state index in [1.807, 2.05) is 12.1 Å². The summed E-state index contributed by atoms with van der Waals surface area (Å²) in [6.07, 6.45) is 5.54. The molecular formula is C22H21FN6. The van der Waals surface area contributed by atoms with Crippen molar-refractivity contribution in [3.05, 3.63) is 60.8 Å². The van der Waals surface area contributed by atoms with E-state index in [1.165, 1.54) is 12.1 Å². The number of aromatic amines is 1. The second-order valence-electron chi connectivity index (χ2n) is 7.29. The van der Waals surface area contributed by atoms with Gasteiger partial charge in [0.2, 0.25) is 0 Å². The molecule has 0 unspecified atom stereocenters. The van der Waals surface area contributed by atoms with Crippen LogP contribution in [0.2, 0.25) is 0 Å². The lowest BCUT2D eigenvalue weighted by Crippen LogP contribution is -2.35. The fraction of sp³-hybridized carbons (Fsp3) is 0.227. The number of anilines is 1. The van der Waals surface area contributed by atoms with Crippen LogP contribution < -0.4 is 10.6 Å². The molecule has 0 aliphatic carbocycles. The van der Waals surface area contributed by atoms with Gasteiger partial charge in [-0.2, -0.15) is 5.10 Å². The minimum atomic E-state index is -0.258. The number of nitrogens with zero attached hydrogens (tertiary/aromatic N) is 3. The zero-order chi connectivity index (χ0) is 19.6. The molecule has 146 valence electrons. The molecule has 6 nitrogen and oxygen atoms in total. The molecule has 0 amide bonds. The molecule has 1 aliphatic rings. The van der Waals surface area contributed by atoms with Gasteiger partial charge in [-0.15, -0.1) is 0 Å². The minimum absolute atomic E-state index is 0.258. The molecule has 2 aromatic heterocycles. The van der Waals surface area contributed by atoms with Crippen molar-refractivity contribution in [3.63, 3.8) is 0 Å². The largest absolute Gasteiger partial charge is 0.367 e. The number of hydrogen-bond donors (Lipinski definition) is 3. The quantitative estimate of drug-likeness (QED) is 0.493. The summed E-state index contributed by atoms with van der Waals surface area (Å²) in [6.45, 7) is 2.03. The van der Waals surface area contributed by atoms with Gasteiger partial charge >= 0.3 is 0 Å². The Hall–Kier alpha value is -3.32. The Labute approximate surface area is 167 Å². The molecule has 0 atom stereocenters. The lowest BCUT2D eigenvalue weighted by molar-refractivity contribution is 0.478. The number of rotatable bonds is 4. The normalized spacial score (nSPS) is 14.9. The molecule has 2 aromatic carbocycles. The van der Waals surface area contributed by atoms with Crippen LogP contribution in [0.1, 0.15) is 12.8 Å². The van der Waals surface area contributed by atoms with Crippen molar-refractivity contribution < 1.29 is 4.39 Å². The Morgan fingerprint density at radius 2 is 1.76 bits per heavy atom. The van der Waals surface area contributed by atoms with Crippen molar-refractivity contribution in [3.8, 4) is 22.4 Å². The first-order valence-electron chi connectivity index (χ1n) is 9.79. The van der Waals surface area contributed by atoms with Crippen molar-refractivity contribution >= 4 is 16.7 Å². The first-order valence-corrected chi connectivity index (χ1v) is 9.79. The van der Waals surface area contributed by atoms with Crippen LogP contribution in [0, 0.1) is 5.82 Å². The monoisotopic (exact) mass is 388 g/mol. The van der Waals surface area contributed by atoms with E-state index in [4.69, 9.17) is 0 Å². The van der Waals surface area contributed by atoms with E-state index in [2.05, 4.69) is 36.9 Å². The molecule has 4 aromatic rings. The summed E-state index contributed by atoms with van der Waals surface area (Å²) in [5, 5.41) is 15.2. The predicted molar refractivity (Wildman–Crippen MR) is 112 cm³/mol. The van der Waals surface area contributed by atoms with Crippen molar-refractivity contribution in [1.29, 1.82) is 0 Å². The van der Waals surface area contributed by atoms with Crippen LogP contribution in [0.4, 0.5) is 10.2 Å². The third kappa shape index (κ3) is 3.56. The number of nitrogens with one attached hydrogen (secondary N) is 3. The average molecular weight is 388 g/mol. The molecule has 29 heavy (non-hydrogen) atoms. The number of H-pyrrole nitrogens is 1. The highest BCUT2D eigenvalue weighted by molar-refractivity contribution is 5.94. The summed E-state index contributed by atoms with van der Waals surface area (Å²) in [6, 6.07) is 12.9. The molecule has 1 saturated heterocycles. The van der Waals surface area contributed by atoms with Crippen LogP contribution in [-0.4, -0.2) is 39.3 Å². The second kappa shape index (κ2) is 7.60. The van der Waals surface area contributed by atoms with Gasteiger partial charge in [-0.3, -0.25) is 5.10 Å². The maximum atomic E-state index is 13.3. The van der Waals surface area contributed by atoms with Gasteiger partial charge in [-0.05, 0) is 67.9 Å². The smallest absolute Gasteiger partial charge is 0.137 e. The van der Waals surface area contributed by atoms with Crippen LogP contribution in [-0.2, 0) is 0 Å². The van der Waals surface area contributed by atoms with E-state index >= 15 is 0 Å². The maximum absolute atomic E-state index is 13.3. The van der Waals surface area contributed by atoms with E-state index < -0.39 is 0 Å². The summed E-state index contributed by atoms with van der Waals surface area (Å²) in [4.78, 5) is 8.93. The highest BCUT2D eigenvalue weighted by Crippen LogP contribution is 2.33. The van der Waals surface area contributed by atoms with E-state index in [1.54, 1.807) is 24.7 Å². The molecule has 3 N–H and O–H groups in total.